The predicted molar refractivity (Wildman–Crippen MR) is 121 cm³/mol. The second kappa shape index (κ2) is 11.0. The fourth-order valence-corrected chi connectivity index (χ4v) is 4.24. The van der Waals surface area contributed by atoms with Crippen molar-refractivity contribution in [2.24, 2.45) is 0 Å². The number of sulfonamides is 1. The van der Waals surface area contributed by atoms with E-state index in [9.17, 15) is 18.0 Å². The molecule has 174 valence electrons. The van der Waals surface area contributed by atoms with Gasteiger partial charge >= 0.3 is 0 Å². The van der Waals surface area contributed by atoms with Crippen molar-refractivity contribution in [2.75, 3.05) is 33.1 Å². The van der Waals surface area contributed by atoms with E-state index in [1.807, 2.05) is 12.1 Å². The number of likely N-dealkylation sites (N-methyl/N-ethyl adjacent to an activating group) is 1. The molecule has 10 heteroatoms. The van der Waals surface area contributed by atoms with E-state index in [1.165, 1.54) is 43.0 Å². The molecule has 2 aromatic carbocycles. The number of ether oxygens (including phenoxy) is 2. The number of carbonyl (C=O) groups excluding carboxylic acids is 2. The third-order valence-electron chi connectivity index (χ3n) is 4.75. The summed E-state index contributed by atoms with van der Waals surface area (Å²) >= 11 is 0. The molecule has 0 saturated carbocycles. The zero-order chi connectivity index (χ0) is 23.9. The van der Waals surface area contributed by atoms with Crippen LogP contribution in [0.15, 0.2) is 47.4 Å². The highest BCUT2D eigenvalue weighted by atomic mass is 32.2. The van der Waals surface area contributed by atoms with Crippen LogP contribution in [0.25, 0.3) is 0 Å². The zero-order valence-electron chi connectivity index (χ0n) is 18.8. The van der Waals surface area contributed by atoms with Crippen LogP contribution < -0.4 is 19.5 Å². The summed E-state index contributed by atoms with van der Waals surface area (Å²) in [5.41, 5.74) is 1.44. The molecule has 2 rings (SSSR count). The molecular formula is C22H29N3O6S. The Morgan fingerprint density at radius 1 is 1.03 bits per heavy atom. The molecule has 0 fully saturated rings. The number of amides is 2. The minimum atomic E-state index is -3.91. The summed E-state index contributed by atoms with van der Waals surface area (Å²) in [6.07, 6.45) is 0.562. The van der Waals surface area contributed by atoms with Gasteiger partial charge in [-0.15, -0.1) is 0 Å². The third-order valence-corrected chi connectivity index (χ3v) is 6.30. The van der Waals surface area contributed by atoms with Crippen LogP contribution in [0.1, 0.15) is 19.4 Å². The number of benzene rings is 2. The number of nitrogens with one attached hydrogen (secondary N) is 2. The molecule has 2 amide bonds. The lowest BCUT2D eigenvalue weighted by molar-refractivity contribution is -0.131. The molecule has 0 spiro atoms. The van der Waals surface area contributed by atoms with Crippen molar-refractivity contribution in [2.45, 2.75) is 31.2 Å². The molecule has 32 heavy (non-hydrogen) atoms. The van der Waals surface area contributed by atoms with Crippen LogP contribution in [0.2, 0.25) is 0 Å². The van der Waals surface area contributed by atoms with Gasteiger partial charge in [0.15, 0.2) is 11.5 Å². The standard InChI is InChI=1S/C22H29N3O6S/c1-15(24-32(28,29)19-9-7-18(8-10-19)23-16(2)26)22(27)25(3)13-12-17-6-11-20(30-4)21(14-17)31-5/h6-11,14-15,24H,12-13H2,1-5H3,(H,23,26)/t15-/m0/s1. The first-order valence-corrected chi connectivity index (χ1v) is 11.4. The number of anilines is 1. The van der Waals surface area contributed by atoms with E-state index in [0.717, 1.165) is 5.56 Å². The highest BCUT2D eigenvalue weighted by Crippen LogP contribution is 2.27. The van der Waals surface area contributed by atoms with Gasteiger partial charge in [-0.1, -0.05) is 6.07 Å². The van der Waals surface area contributed by atoms with E-state index in [1.54, 1.807) is 27.3 Å². The number of carbonyl (C=O) groups is 2. The topological polar surface area (TPSA) is 114 Å². The molecule has 9 nitrogen and oxygen atoms in total. The van der Waals surface area contributed by atoms with Gasteiger partial charge in [-0.25, -0.2) is 8.42 Å². The van der Waals surface area contributed by atoms with E-state index >= 15 is 0 Å². The van der Waals surface area contributed by atoms with E-state index < -0.39 is 16.1 Å². The van der Waals surface area contributed by atoms with Crippen LogP contribution in [0.3, 0.4) is 0 Å². The summed E-state index contributed by atoms with van der Waals surface area (Å²) < 4.78 is 38.1. The summed E-state index contributed by atoms with van der Waals surface area (Å²) in [7, 11) is 0.827. The van der Waals surface area contributed by atoms with Crippen LogP contribution in [-0.2, 0) is 26.0 Å². The SMILES string of the molecule is COc1ccc(CCN(C)C(=O)[C@H](C)NS(=O)(=O)c2ccc(NC(C)=O)cc2)cc1OC. The summed E-state index contributed by atoms with van der Waals surface area (Å²) in [6.45, 7) is 3.26. The van der Waals surface area contributed by atoms with Crippen LogP contribution in [-0.4, -0.2) is 59.0 Å². The van der Waals surface area contributed by atoms with Gasteiger partial charge in [0.05, 0.1) is 25.2 Å². The van der Waals surface area contributed by atoms with E-state index in [-0.39, 0.29) is 16.7 Å². The second-order valence-corrected chi connectivity index (χ2v) is 8.96. The Bertz CT molecular complexity index is 1050. The minimum Gasteiger partial charge on any atom is -0.493 e. The van der Waals surface area contributed by atoms with Gasteiger partial charge < -0.3 is 19.7 Å². The lowest BCUT2D eigenvalue weighted by atomic mass is 10.1. The largest absolute Gasteiger partial charge is 0.493 e. The number of hydrogen-bond acceptors (Lipinski definition) is 6. The van der Waals surface area contributed by atoms with Crippen LogP contribution in [0, 0.1) is 0 Å². The van der Waals surface area contributed by atoms with Gasteiger partial charge in [0, 0.05) is 26.2 Å². The Kier molecular flexibility index (Phi) is 8.62. The summed E-state index contributed by atoms with van der Waals surface area (Å²) in [4.78, 5) is 25.2. The van der Waals surface area contributed by atoms with E-state index in [0.29, 0.717) is 30.2 Å². The first-order valence-electron chi connectivity index (χ1n) is 9.93. The van der Waals surface area contributed by atoms with Crippen molar-refractivity contribution in [3.63, 3.8) is 0 Å². The Morgan fingerprint density at radius 2 is 1.66 bits per heavy atom. The molecule has 0 aliphatic carbocycles. The summed E-state index contributed by atoms with van der Waals surface area (Å²) in [5, 5.41) is 2.57. The molecule has 0 bridgehead atoms. The fourth-order valence-electron chi connectivity index (χ4n) is 3.05. The molecular weight excluding hydrogens is 434 g/mol. The second-order valence-electron chi connectivity index (χ2n) is 7.25. The number of nitrogens with zero attached hydrogens (tertiary/aromatic N) is 1. The maximum Gasteiger partial charge on any atom is 0.241 e. The molecule has 0 heterocycles. The highest BCUT2D eigenvalue weighted by Gasteiger charge is 2.24. The summed E-state index contributed by atoms with van der Waals surface area (Å²) in [6, 6.07) is 10.3. The van der Waals surface area contributed by atoms with Crippen LogP contribution in [0.5, 0.6) is 11.5 Å². The van der Waals surface area contributed by atoms with Crippen LogP contribution >= 0.6 is 0 Å². The number of methoxy groups -OCH3 is 2. The predicted octanol–water partition coefficient (Wildman–Crippen LogP) is 2.03. The average Bonchev–Trinajstić information content (AvgIpc) is 2.76. The smallest absolute Gasteiger partial charge is 0.241 e. The van der Waals surface area contributed by atoms with Crippen molar-refractivity contribution >= 4 is 27.5 Å². The van der Waals surface area contributed by atoms with Gasteiger partial charge in [0.2, 0.25) is 21.8 Å². The molecule has 0 saturated heterocycles. The van der Waals surface area contributed by atoms with Gasteiger partial charge in [-0.05, 0) is 55.3 Å². The normalized spacial score (nSPS) is 12.0. The first-order chi connectivity index (χ1) is 15.1. The number of hydrogen-bond donors (Lipinski definition) is 2. The van der Waals surface area contributed by atoms with Gasteiger partial charge in [0.25, 0.3) is 0 Å². The molecule has 0 radical (unpaired) electrons. The van der Waals surface area contributed by atoms with Gasteiger partial charge in [0.1, 0.15) is 0 Å². The monoisotopic (exact) mass is 463 g/mol. The number of rotatable bonds is 10. The zero-order valence-corrected chi connectivity index (χ0v) is 19.7. The lowest BCUT2D eigenvalue weighted by Gasteiger charge is -2.22. The van der Waals surface area contributed by atoms with Crippen molar-refractivity contribution in [3.8, 4) is 11.5 Å². The van der Waals surface area contributed by atoms with Crippen molar-refractivity contribution < 1.29 is 27.5 Å². The Morgan fingerprint density at radius 3 is 2.22 bits per heavy atom. The average molecular weight is 464 g/mol. The van der Waals surface area contributed by atoms with E-state index in [2.05, 4.69) is 10.0 Å². The van der Waals surface area contributed by atoms with Crippen LogP contribution in [0.4, 0.5) is 5.69 Å². The van der Waals surface area contributed by atoms with Gasteiger partial charge in [-0.2, -0.15) is 4.72 Å². The maximum atomic E-state index is 12.7. The van der Waals surface area contributed by atoms with Gasteiger partial charge in [-0.3, -0.25) is 9.59 Å². The molecule has 0 aliphatic rings. The third kappa shape index (κ3) is 6.69. The van der Waals surface area contributed by atoms with Crippen molar-refractivity contribution in [1.82, 2.24) is 9.62 Å². The molecule has 0 aliphatic heterocycles. The molecule has 1 atom stereocenters. The lowest BCUT2D eigenvalue weighted by Crippen LogP contribution is -2.45. The van der Waals surface area contributed by atoms with E-state index in [4.69, 9.17) is 9.47 Å². The minimum absolute atomic E-state index is 0.000710. The first kappa shape index (κ1) is 25.2. The Labute approximate surface area is 188 Å². The summed E-state index contributed by atoms with van der Waals surface area (Å²) in [5.74, 6) is 0.608. The Balaban J connectivity index is 1.98. The molecule has 2 N–H and O–H groups in total. The quantitative estimate of drug-likeness (QED) is 0.557. The molecule has 2 aromatic rings. The van der Waals surface area contributed by atoms with Crippen molar-refractivity contribution in [3.05, 3.63) is 48.0 Å². The Hall–Kier alpha value is -3.11. The molecule has 0 aromatic heterocycles. The fraction of sp³-hybridized carbons (Fsp3) is 0.364. The highest BCUT2D eigenvalue weighted by molar-refractivity contribution is 7.89. The maximum absolute atomic E-state index is 12.7. The van der Waals surface area contributed by atoms with Crippen molar-refractivity contribution in [1.29, 1.82) is 0 Å². The molecule has 0 unspecified atom stereocenters.